The molecule has 3 aromatic carbocycles. The maximum atomic E-state index is 13.6. The number of aryl methyl sites for hydroxylation is 1. The van der Waals surface area contributed by atoms with Gasteiger partial charge in [-0.05, 0) is 74.4 Å². The maximum absolute atomic E-state index is 13.6. The molecule has 1 saturated heterocycles. The van der Waals surface area contributed by atoms with Crippen LogP contribution in [0.2, 0.25) is 0 Å². The van der Waals surface area contributed by atoms with Crippen LogP contribution in [-0.4, -0.2) is 60.9 Å². The normalized spacial score (nSPS) is 14.1. The molecule has 0 bridgehead atoms. The van der Waals surface area contributed by atoms with Gasteiger partial charge < -0.3 is 14.8 Å². The molecule has 0 aromatic heterocycles. The van der Waals surface area contributed by atoms with Crippen molar-refractivity contribution in [2.75, 3.05) is 43.5 Å². The van der Waals surface area contributed by atoms with Crippen LogP contribution in [0.25, 0.3) is 0 Å². The zero-order valence-electron chi connectivity index (χ0n) is 22.0. The highest BCUT2D eigenvalue weighted by molar-refractivity contribution is 7.92. The van der Waals surface area contributed by atoms with E-state index in [0.717, 1.165) is 22.7 Å². The number of carbonyl (C=O) groups excluding carboxylic acids is 1. The summed E-state index contributed by atoms with van der Waals surface area (Å²) in [6.07, 6.45) is 1.57. The minimum Gasteiger partial charge on any atom is -0.497 e. The van der Waals surface area contributed by atoms with Crippen molar-refractivity contribution in [3.63, 3.8) is 0 Å². The van der Waals surface area contributed by atoms with Crippen LogP contribution in [0.4, 0.5) is 11.4 Å². The quantitative estimate of drug-likeness (QED) is 0.393. The lowest BCUT2D eigenvalue weighted by Crippen LogP contribution is -2.38. The molecule has 3 aromatic rings. The average molecular weight is 574 g/mol. The Morgan fingerprint density at radius 3 is 2.08 bits per heavy atom. The van der Waals surface area contributed by atoms with Gasteiger partial charge in [0.2, 0.25) is 15.9 Å². The molecular formula is C27H31N3O7S2. The number of benzene rings is 3. The lowest BCUT2D eigenvalue weighted by atomic mass is 10.2. The number of sulfonamides is 2. The molecule has 1 aliphatic heterocycles. The molecule has 1 fully saturated rings. The van der Waals surface area contributed by atoms with Crippen molar-refractivity contribution in [3.8, 4) is 11.5 Å². The summed E-state index contributed by atoms with van der Waals surface area (Å²) in [7, 11) is -5.00. The van der Waals surface area contributed by atoms with Gasteiger partial charge in [0.05, 0.1) is 35.4 Å². The second-order valence-corrected chi connectivity index (χ2v) is 12.8. The van der Waals surface area contributed by atoms with E-state index < -0.39 is 32.5 Å². The highest BCUT2D eigenvalue weighted by Crippen LogP contribution is 2.31. The number of ether oxygens (including phenoxy) is 2. The topological polar surface area (TPSA) is 122 Å². The molecule has 0 saturated carbocycles. The second-order valence-electron chi connectivity index (χ2n) is 9.04. The van der Waals surface area contributed by atoms with Gasteiger partial charge in [-0.2, -0.15) is 4.31 Å². The van der Waals surface area contributed by atoms with Crippen molar-refractivity contribution < 1.29 is 31.1 Å². The van der Waals surface area contributed by atoms with Crippen LogP contribution in [0.3, 0.4) is 0 Å². The Bertz CT molecular complexity index is 1530. The average Bonchev–Trinajstić information content (AvgIpc) is 3.48. The highest BCUT2D eigenvalue weighted by Gasteiger charge is 2.30. The van der Waals surface area contributed by atoms with Gasteiger partial charge in [0, 0.05) is 13.1 Å². The van der Waals surface area contributed by atoms with Crippen LogP contribution in [0.5, 0.6) is 11.5 Å². The van der Waals surface area contributed by atoms with Gasteiger partial charge in [0.25, 0.3) is 10.0 Å². The Balaban J connectivity index is 1.66. The number of nitrogens with one attached hydrogen (secondary N) is 1. The molecule has 0 atom stereocenters. The molecule has 0 radical (unpaired) electrons. The van der Waals surface area contributed by atoms with E-state index in [1.54, 1.807) is 36.4 Å². The van der Waals surface area contributed by atoms with Crippen LogP contribution in [-0.2, 0) is 24.8 Å². The van der Waals surface area contributed by atoms with Gasteiger partial charge >= 0.3 is 0 Å². The second kappa shape index (κ2) is 11.6. The Morgan fingerprint density at radius 2 is 1.49 bits per heavy atom. The number of rotatable bonds is 10. The molecule has 208 valence electrons. The summed E-state index contributed by atoms with van der Waals surface area (Å²) in [5, 5.41) is 2.64. The molecule has 0 unspecified atom stereocenters. The first-order valence-electron chi connectivity index (χ1n) is 12.3. The van der Waals surface area contributed by atoms with E-state index in [-0.39, 0.29) is 26.9 Å². The highest BCUT2D eigenvalue weighted by atomic mass is 32.2. The first kappa shape index (κ1) is 28.4. The molecule has 0 aliphatic carbocycles. The Kier molecular flexibility index (Phi) is 8.48. The number of amides is 1. The third kappa shape index (κ3) is 6.18. The fourth-order valence-corrected chi connectivity index (χ4v) is 7.21. The van der Waals surface area contributed by atoms with Crippen molar-refractivity contribution in [2.24, 2.45) is 0 Å². The zero-order valence-corrected chi connectivity index (χ0v) is 23.6. The Hall–Kier alpha value is -3.61. The maximum Gasteiger partial charge on any atom is 0.264 e. The van der Waals surface area contributed by atoms with Gasteiger partial charge in [-0.25, -0.2) is 16.8 Å². The lowest BCUT2D eigenvalue weighted by Gasteiger charge is -2.24. The molecule has 1 amide bonds. The van der Waals surface area contributed by atoms with Crippen LogP contribution in [0, 0.1) is 6.92 Å². The van der Waals surface area contributed by atoms with E-state index in [4.69, 9.17) is 9.47 Å². The molecule has 10 nitrogen and oxygen atoms in total. The molecule has 0 spiro atoms. The van der Waals surface area contributed by atoms with E-state index in [0.29, 0.717) is 18.8 Å². The summed E-state index contributed by atoms with van der Waals surface area (Å²) in [6, 6.07) is 16.8. The number of hydrogen-bond donors (Lipinski definition) is 1. The van der Waals surface area contributed by atoms with E-state index in [2.05, 4.69) is 5.32 Å². The molecule has 4 rings (SSSR count). The fraction of sp³-hybridized carbons (Fsp3) is 0.296. The van der Waals surface area contributed by atoms with Crippen LogP contribution in [0.15, 0.2) is 76.5 Å². The summed E-state index contributed by atoms with van der Waals surface area (Å²) < 4.78 is 66.3. The molecule has 1 aliphatic rings. The minimum atomic E-state index is -4.14. The number of methoxy groups -OCH3 is 2. The standard InChI is InChI=1S/C27H31N3O7S2/c1-20-6-12-23(13-7-20)39(34,35)30(21-8-10-22(36-2)11-9-21)19-27(31)28-25-18-24(14-15-26(25)37-3)38(32,33)29-16-4-5-17-29/h6-15,18H,4-5,16-17,19H2,1-3H3,(H,28,31). The number of nitrogens with zero attached hydrogens (tertiary/aromatic N) is 2. The summed E-state index contributed by atoms with van der Waals surface area (Å²) in [6.45, 7) is 2.14. The van der Waals surface area contributed by atoms with Crippen molar-refractivity contribution in [1.82, 2.24) is 4.31 Å². The summed E-state index contributed by atoms with van der Waals surface area (Å²) in [5.41, 5.74) is 1.26. The molecule has 12 heteroatoms. The minimum absolute atomic E-state index is 0.0137. The van der Waals surface area contributed by atoms with Crippen molar-refractivity contribution in [3.05, 3.63) is 72.3 Å². The van der Waals surface area contributed by atoms with E-state index >= 15 is 0 Å². The predicted molar refractivity (Wildman–Crippen MR) is 148 cm³/mol. The Morgan fingerprint density at radius 1 is 0.872 bits per heavy atom. The number of anilines is 2. The van der Waals surface area contributed by atoms with Gasteiger partial charge in [0.15, 0.2) is 0 Å². The van der Waals surface area contributed by atoms with Crippen LogP contribution < -0.4 is 19.1 Å². The zero-order chi connectivity index (χ0) is 28.2. The summed E-state index contributed by atoms with van der Waals surface area (Å²) >= 11 is 0. The largest absolute Gasteiger partial charge is 0.497 e. The fourth-order valence-electron chi connectivity index (χ4n) is 4.24. The van der Waals surface area contributed by atoms with E-state index in [1.165, 1.54) is 48.9 Å². The first-order valence-corrected chi connectivity index (χ1v) is 15.2. The lowest BCUT2D eigenvalue weighted by molar-refractivity contribution is -0.114. The number of carbonyl (C=O) groups is 1. The van der Waals surface area contributed by atoms with Crippen LogP contribution >= 0.6 is 0 Å². The van der Waals surface area contributed by atoms with Gasteiger partial charge in [-0.1, -0.05) is 17.7 Å². The van der Waals surface area contributed by atoms with E-state index in [9.17, 15) is 21.6 Å². The smallest absolute Gasteiger partial charge is 0.264 e. The van der Waals surface area contributed by atoms with Crippen molar-refractivity contribution in [2.45, 2.75) is 29.6 Å². The molecular weight excluding hydrogens is 542 g/mol. The van der Waals surface area contributed by atoms with Gasteiger partial charge in [0.1, 0.15) is 18.0 Å². The first-order chi connectivity index (χ1) is 18.6. The monoisotopic (exact) mass is 573 g/mol. The molecule has 1 heterocycles. The molecule has 1 N–H and O–H groups in total. The third-order valence-electron chi connectivity index (χ3n) is 6.40. The predicted octanol–water partition coefficient (Wildman–Crippen LogP) is 3.63. The van der Waals surface area contributed by atoms with Gasteiger partial charge in [-0.15, -0.1) is 0 Å². The third-order valence-corrected chi connectivity index (χ3v) is 10.1. The van der Waals surface area contributed by atoms with E-state index in [1.807, 2.05) is 6.92 Å². The van der Waals surface area contributed by atoms with Crippen LogP contribution in [0.1, 0.15) is 18.4 Å². The van der Waals surface area contributed by atoms with Crippen molar-refractivity contribution >= 4 is 37.3 Å². The number of hydrogen-bond acceptors (Lipinski definition) is 7. The van der Waals surface area contributed by atoms with Gasteiger partial charge in [-0.3, -0.25) is 9.10 Å². The van der Waals surface area contributed by atoms with Crippen molar-refractivity contribution in [1.29, 1.82) is 0 Å². The summed E-state index contributed by atoms with van der Waals surface area (Å²) in [5.74, 6) is 0.0771. The molecule has 39 heavy (non-hydrogen) atoms. The Labute approximate surface area is 229 Å². The SMILES string of the molecule is COc1ccc(N(CC(=O)Nc2cc(S(=O)(=O)N3CCCC3)ccc2OC)S(=O)(=O)c2ccc(C)cc2)cc1. The summed E-state index contributed by atoms with van der Waals surface area (Å²) in [4.78, 5) is 13.3.